The predicted molar refractivity (Wildman–Crippen MR) is 108 cm³/mol. The minimum atomic E-state index is 0.336. The lowest BCUT2D eigenvalue weighted by molar-refractivity contribution is -0.711. The Labute approximate surface area is 157 Å². The number of benzene rings is 2. The first-order valence-corrected chi connectivity index (χ1v) is 9.50. The lowest BCUT2D eigenvalue weighted by Crippen LogP contribution is -2.40. The van der Waals surface area contributed by atoms with Crippen LogP contribution in [-0.4, -0.2) is 9.78 Å². The lowest BCUT2D eigenvalue weighted by Gasteiger charge is -2.15. The molecule has 136 valence electrons. The molecule has 3 rings (SSSR count). The van der Waals surface area contributed by atoms with Crippen molar-refractivity contribution < 1.29 is 4.57 Å². The maximum absolute atomic E-state index is 4.98. The molecule has 0 aliphatic rings. The van der Waals surface area contributed by atoms with E-state index in [9.17, 15) is 0 Å². The molecule has 0 fully saturated rings. The summed E-state index contributed by atoms with van der Waals surface area (Å²) < 4.78 is 4.51. The summed E-state index contributed by atoms with van der Waals surface area (Å²) in [7, 11) is 0. The van der Waals surface area contributed by atoms with Crippen LogP contribution in [0.15, 0.2) is 42.5 Å². The second kappa shape index (κ2) is 7.06. The highest BCUT2D eigenvalue weighted by Gasteiger charge is 2.31. The normalized spacial score (nSPS) is 11.6. The topological polar surface area (TPSA) is 21.7 Å². The fourth-order valence-corrected chi connectivity index (χ4v) is 3.86. The van der Waals surface area contributed by atoms with Gasteiger partial charge in [0.2, 0.25) is 0 Å². The number of rotatable bonds is 4. The molecule has 0 radical (unpaired) electrons. The molecule has 1 heterocycles. The van der Waals surface area contributed by atoms with Crippen molar-refractivity contribution in [3.05, 3.63) is 65.0 Å². The van der Waals surface area contributed by atoms with Crippen molar-refractivity contribution in [3.8, 4) is 17.1 Å². The van der Waals surface area contributed by atoms with Crippen LogP contribution in [0.5, 0.6) is 0 Å². The second-order valence-electron chi connectivity index (χ2n) is 7.73. The van der Waals surface area contributed by atoms with Crippen LogP contribution < -0.4 is 4.57 Å². The van der Waals surface area contributed by atoms with E-state index in [4.69, 9.17) is 5.10 Å². The van der Waals surface area contributed by atoms with Gasteiger partial charge < -0.3 is 0 Å². The number of hydrogen-bond acceptors (Lipinski definition) is 1. The van der Waals surface area contributed by atoms with Gasteiger partial charge in [0.1, 0.15) is 5.69 Å². The number of para-hydroxylation sites is 1. The third-order valence-electron chi connectivity index (χ3n) is 5.01. The van der Waals surface area contributed by atoms with E-state index in [0.717, 1.165) is 5.82 Å². The van der Waals surface area contributed by atoms with E-state index in [-0.39, 0.29) is 0 Å². The van der Waals surface area contributed by atoms with Crippen LogP contribution in [0.2, 0.25) is 0 Å². The van der Waals surface area contributed by atoms with E-state index < -0.39 is 0 Å². The van der Waals surface area contributed by atoms with Crippen molar-refractivity contribution in [1.82, 2.24) is 9.78 Å². The minimum absolute atomic E-state index is 0.336. The molecule has 0 spiro atoms. The Kier molecular flexibility index (Phi) is 4.99. The molecule has 2 aromatic carbocycles. The van der Waals surface area contributed by atoms with Crippen molar-refractivity contribution in [1.29, 1.82) is 0 Å². The number of nitrogens with zero attached hydrogens (tertiary/aromatic N) is 3. The average molecular weight is 349 g/mol. The summed E-state index contributed by atoms with van der Waals surface area (Å²) in [5, 5.41) is 4.98. The molecule has 0 unspecified atom stereocenters. The summed E-state index contributed by atoms with van der Waals surface area (Å²) in [5.74, 6) is 2.66. The van der Waals surface area contributed by atoms with E-state index >= 15 is 0 Å². The van der Waals surface area contributed by atoms with Crippen LogP contribution in [0.1, 0.15) is 62.2 Å². The van der Waals surface area contributed by atoms with E-state index in [1.54, 1.807) is 0 Å². The Morgan fingerprint density at radius 1 is 0.846 bits per heavy atom. The summed E-state index contributed by atoms with van der Waals surface area (Å²) in [6.07, 6.45) is 0. The summed E-state index contributed by atoms with van der Waals surface area (Å²) >= 11 is 0. The highest BCUT2D eigenvalue weighted by molar-refractivity contribution is 5.62. The molecule has 0 aliphatic heterocycles. The molecule has 3 aromatic rings. The van der Waals surface area contributed by atoms with Crippen LogP contribution >= 0.6 is 0 Å². The highest BCUT2D eigenvalue weighted by Crippen LogP contribution is 2.31. The predicted octanol–water partition coefficient (Wildman–Crippen LogP) is 5.46. The Balaban J connectivity index is 2.42. The Bertz CT molecular complexity index is 912. The van der Waals surface area contributed by atoms with E-state index in [1.807, 2.05) is 0 Å². The molecule has 0 bridgehead atoms. The molecule has 0 saturated heterocycles. The van der Waals surface area contributed by atoms with E-state index in [2.05, 4.69) is 100 Å². The third kappa shape index (κ3) is 3.07. The van der Waals surface area contributed by atoms with E-state index in [0.29, 0.717) is 12.0 Å². The first-order chi connectivity index (χ1) is 12.3. The van der Waals surface area contributed by atoms with Gasteiger partial charge in [-0.25, -0.2) is 4.57 Å². The van der Waals surface area contributed by atoms with Crippen molar-refractivity contribution in [2.75, 3.05) is 0 Å². The van der Waals surface area contributed by atoms with Crippen LogP contribution in [0.3, 0.4) is 0 Å². The van der Waals surface area contributed by atoms with Crippen molar-refractivity contribution in [3.63, 3.8) is 0 Å². The fraction of sp³-hybridized carbons (Fsp3) is 0.391. The number of aryl methyl sites for hydroxylation is 3. The molecule has 0 amide bonds. The molecule has 26 heavy (non-hydrogen) atoms. The summed E-state index contributed by atoms with van der Waals surface area (Å²) in [4.78, 5) is 0. The Morgan fingerprint density at radius 3 is 2.04 bits per heavy atom. The molecule has 1 aromatic heterocycles. The molecule has 0 saturated carbocycles. The van der Waals surface area contributed by atoms with Crippen LogP contribution in [0, 0.1) is 20.8 Å². The SMILES string of the molecule is Cc1cccc(C)c1-n1nc(C)[n+](C(C)C)c1-c1ccccc1C(C)C. The number of aromatic nitrogens is 3. The quantitative estimate of drug-likeness (QED) is 0.574. The molecular weight excluding hydrogens is 318 g/mol. The molecule has 3 nitrogen and oxygen atoms in total. The first kappa shape index (κ1) is 18.4. The summed E-state index contributed by atoms with van der Waals surface area (Å²) in [6.45, 7) is 15.4. The maximum atomic E-state index is 4.98. The van der Waals surface area contributed by atoms with Crippen molar-refractivity contribution >= 4 is 0 Å². The van der Waals surface area contributed by atoms with Crippen LogP contribution in [-0.2, 0) is 0 Å². The van der Waals surface area contributed by atoms with Crippen molar-refractivity contribution in [2.45, 2.75) is 60.4 Å². The molecule has 0 N–H and O–H groups in total. The third-order valence-corrected chi connectivity index (χ3v) is 5.01. The van der Waals surface area contributed by atoms with Gasteiger partial charge in [-0.2, -0.15) is 0 Å². The molecule has 3 heteroatoms. The van der Waals surface area contributed by atoms with E-state index in [1.165, 1.54) is 33.8 Å². The molecule has 0 atom stereocenters. The zero-order valence-electron chi connectivity index (χ0n) is 17.0. The number of hydrogen-bond donors (Lipinski definition) is 0. The highest BCUT2D eigenvalue weighted by atomic mass is 15.4. The van der Waals surface area contributed by atoms with Crippen LogP contribution in [0.4, 0.5) is 0 Å². The largest absolute Gasteiger partial charge is 0.275 e. The fourth-order valence-electron chi connectivity index (χ4n) is 3.86. The van der Waals surface area contributed by atoms with Gasteiger partial charge in [-0.3, -0.25) is 0 Å². The summed E-state index contributed by atoms with van der Waals surface area (Å²) in [5.41, 5.74) is 6.29. The standard InChI is InChI=1S/C23H30N3/c1-15(2)20-13-8-9-14-21(20)23-25(16(3)4)19(7)24-26(23)22-17(5)11-10-12-18(22)6/h8-16H,1-7H3/q+1. The smallest absolute Gasteiger partial charge is 0.225 e. The van der Waals surface area contributed by atoms with Gasteiger partial charge >= 0.3 is 0 Å². The van der Waals surface area contributed by atoms with Gasteiger partial charge in [0.05, 0.1) is 11.6 Å². The van der Waals surface area contributed by atoms with Gasteiger partial charge in [0, 0.05) is 12.0 Å². The average Bonchev–Trinajstić information content (AvgIpc) is 2.91. The minimum Gasteiger partial charge on any atom is -0.225 e. The van der Waals surface area contributed by atoms with Crippen molar-refractivity contribution in [2.24, 2.45) is 0 Å². The van der Waals surface area contributed by atoms with Crippen LogP contribution in [0.25, 0.3) is 17.1 Å². The second-order valence-corrected chi connectivity index (χ2v) is 7.73. The van der Waals surface area contributed by atoms with Gasteiger partial charge in [-0.1, -0.05) is 54.9 Å². The first-order valence-electron chi connectivity index (χ1n) is 9.50. The lowest BCUT2D eigenvalue weighted by atomic mass is 9.96. The van der Waals surface area contributed by atoms with Gasteiger partial charge in [0.25, 0.3) is 11.6 Å². The maximum Gasteiger partial charge on any atom is 0.275 e. The van der Waals surface area contributed by atoms with Gasteiger partial charge in [-0.05, 0) is 56.4 Å². The molecule has 0 aliphatic carbocycles. The Morgan fingerprint density at radius 2 is 1.46 bits per heavy atom. The zero-order valence-corrected chi connectivity index (χ0v) is 17.0. The monoisotopic (exact) mass is 348 g/mol. The summed E-state index contributed by atoms with van der Waals surface area (Å²) in [6, 6.07) is 15.5. The zero-order chi connectivity index (χ0) is 19.0. The van der Waals surface area contributed by atoms with Gasteiger partial charge in [-0.15, -0.1) is 0 Å². The molecular formula is C23H30N3+. The van der Waals surface area contributed by atoms with Gasteiger partial charge in [0.15, 0.2) is 0 Å². The Hall–Kier alpha value is -2.42.